The van der Waals surface area contributed by atoms with Crippen LogP contribution in [0.25, 0.3) is 0 Å². The summed E-state index contributed by atoms with van der Waals surface area (Å²) in [5.74, 6) is -0.596. The molecule has 2 atom stereocenters. The van der Waals surface area contributed by atoms with Gasteiger partial charge in [-0.2, -0.15) is 0 Å². The fourth-order valence-electron chi connectivity index (χ4n) is 2.34. The highest BCUT2D eigenvalue weighted by Gasteiger charge is 2.23. The van der Waals surface area contributed by atoms with Gasteiger partial charge in [0.15, 0.2) is 0 Å². The minimum atomic E-state index is -0.596. The molecule has 1 rings (SSSR count). The van der Waals surface area contributed by atoms with Gasteiger partial charge in [-0.3, -0.25) is 9.59 Å². The molecule has 122 valence electrons. The minimum absolute atomic E-state index is 0.0397. The van der Waals surface area contributed by atoms with Crippen LogP contribution in [0.1, 0.15) is 51.2 Å². The standard InChI is InChI=1S/C18H28N2O2/c1-4-6-7-14-8-10-15(11-9-14)12-16(21)20-17(18(19)22)13(3)5-2/h8-11,13,17H,4-7,12H2,1-3H3,(H2,19,22)(H,20,21). The van der Waals surface area contributed by atoms with Crippen LogP contribution in [0.3, 0.4) is 0 Å². The average Bonchev–Trinajstić information content (AvgIpc) is 2.51. The number of rotatable bonds is 9. The number of nitrogens with two attached hydrogens (primary N) is 1. The first-order valence-electron chi connectivity index (χ1n) is 8.14. The summed E-state index contributed by atoms with van der Waals surface area (Å²) in [6.07, 6.45) is 4.48. The van der Waals surface area contributed by atoms with Gasteiger partial charge in [-0.15, -0.1) is 0 Å². The summed E-state index contributed by atoms with van der Waals surface area (Å²) < 4.78 is 0. The van der Waals surface area contributed by atoms with Crippen LogP contribution in [-0.4, -0.2) is 17.9 Å². The van der Waals surface area contributed by atoms with Gasteiger partial charge in [-0.1, -0.05) is 57.9 Å². The van der Waals surface area contributed by atoms with Gasteiger partial charge in [-0.05, 0) is 29.9 Å². The molecular weight excluding hydrogens is 276 g/mol. The molecule has 0 spiro atoms. The number of unbranched alkanes of at least 4 members (excludes halogenated alkanes) is 1. The highest BCUT2D eigenvalue weighted by atomic mass is 16.2. The van der Waals surface area contributed by atoms with Crippen molar-refractivity contribution in [2.75, 3.05) is 0 Å². The SMILES string of the molecule is CCCCc1ccc(CC(=O)NC(C(N)=O)C(C)CC)cc1. The molecule has 0 fully saturated rings. The second-order valence-corrected chi connectivity index (χ2v) is 5.93. The van der Waals surface area contributed by atoms with Crippen molar-refractivity contribution in [2.45, 2.75) is 58.9 Å². The first-order chi connectivity index (χ1) is 10.5. The van der Waals surface area contributed by atoms with Gasteiger partial charge in [0.2, 0.25) is 11.8 Å². The van der Waals surface area contributed by atoms with E-state index in [1.54, 1.807) is 0 Å². The molecule has 0 aliphatic carbocycles. The third-order valence-electron chi connectivity index (χ3n) is 4.04. The van der Waals surface area contributed by atoms with Crippen LogP contribution >= 0.6 is 0 Å². The van der Waals surface area contributed by atoms with E-state index in [1.807, 2.05) is 26.0 Å². The van der Waals surface area contributed by atoms with Gasteiger partial charge in [0.05, 0.1) is 6.42 Å². The van der Waals surface area contributed by atoms with Crippen molar-refractivity contribution in [1.82, 2.24) is 5.32 Å². The number of carbonyl (C=O) groups excluding carboxylic acids is 2. The quantitative estimate of drug-likeness (QED) is 0.736. The van der Waals surface area contributed by atoms with Crippen molar-refractivity contribution in [3.05, 3.63) is 35.4 Å². The van der Waals surface area contributed by atoms with E-state index in [1.165, 1.54) is 18.4 Å². The number of amides is 2. The van der Waals surface area contributed by atoms with Gasteiger partial charge in [0, 0.05) is 0 Å². The van der Waals surface area contributed by atoms with E-state index in [4.69, 9.17) is 5.73 Å². The first-order valence-corrected chi connectivity index (χ1v) is 8.14. The number of benzene rings is 1. The lowest BCUT2D eigenvalue weighted by Crippen LogP contribution is -2.48. The molecule has 4 nitrogen and oxygen atoms in total. The van der Waals surface area contributed by atoms with E-state index in [0.29, 0.717) is 0 Å². The molecule has 0 aliphatic rings. The fraction of sp³-hybridized carbons (Fsp3) is 0.556. The zero-order chi connectivity index (χ0) is 16.5. The van der Waals surface area contributed by atoms with Crippen molar-refractivity contribution in [1.29, 1.82) is 0 Å². The minimum Gasteiger partial charge on any atom is -0.368 e. The summed E-state index contributed by atoms with van der Waals surface area (Å²) in [7, 11) is 0. The third-order valence-corrected chi connectivity index (χ3v) is 4.04. The largest absolute Gasteiger partial charge is 0.368 e. The van der Waals surface area contributed by atoms with Crippen molar-refractivity contribution < 1.29 is 9.59 Å². The van der Waals surface area contributed by atoms with Crippen molar-refractivity contribution in [2.24, 2.45) is 11.7 Å². The monoisotopic (exact) mass is 304 g/mol. The molecule has 0 saturated carbocycles. The van der Waals surface area contributed by atoms with E-state index in [-0.39, 0.29) is 18.2 Å². The molecular formula is C18H28N2O2. The van der Waals surface area contributed by atoms with Gasteiger partial charge < -0.3 is 11.1 Å². The molecule has 3 N–H and O–H groups in total. The molecule has 1 aromatic rings. The molecule has 0 bridgehead atoms. The van der Waals surface area contributed by atoms with Gasteiger partial charge in [0.1, 0.15) is 6.04 Å². The third kappa shape index (κ3) is 5.88. The number of hydrogen-bond acceptors (Lipinski definition) is 2. The predicted octanol–water partition coefficient (Wildman–Crippen LogP) is 2.59. The summed E-state index contributed by atoms with van der Waals surface area (Å²) in [6.45, 7) is 6.06. The van der Waals surface area contributed by atoms with Crippen LogP contribution in [0, 0.1) is 5.92 Å². The highest BCUT2D eigenvalue weighted by molar-refractivity contribution is 5.87. The maximum Gasteiger partial charge on any atom is 0.240 e. The van der Waals surface area contributed by atoms with Crippen molar-refractivity contribution >= 4 is 11.8 Å². The molecule has 22 heavy (non-hydrogen) atoms. The van der Waals surface area contributed by atoms with Crippen LogP contribution < -0.4 is 11.1 Å². The Morgan fingerprint density at radius 2 is 1.73 bits per heavy atom. The van der Waals surface area contributed by atoms with Gasteiger partial charge in [0.25, 0.3) is 0 Å². The van der Waals surface area contributed by atoms with E-state index in [0.717, 1.165) is 18.4 Å². The van der Waals surface area contributed by atoms with E-state index >= 15 is 0 Å². The molecule has 2 unspecified atom stereocenters. The topological polar surface area (TPSA) is 72.2 Å². The Kier molecular flexibility index (Phi) is 7.64. The molecule has 2 amide bonds. The van der Waals surface area contributed by atoms with Crippen LogP contribution in [0.15, 0.2) is 24.3 Å². The van der Waals surface area contributed by atoms with E-state index in [2.05, 4.69) is 24.4 Å². The Labute approximate surface area is 133 Å². The molecule has 0 heterocycles. The molecule has 0 aliphatic heterocycles. The summed E-state index contributed by atoms with van der Waals surface area (Å²) in [5.41, 5.74) is 7.61. The number of nitrogens with one attached hydrogen (secondary N) is 1. The normalized spacial score (nSPS) is 13.4. The number of hydrogen-bond donors (Lipinski definition) is 2. The molecule has 4 heteroatoms. The maximum atomic E-state index is 12.1. The fourth-order valence-corrected chi connectivity index (χ4v) is 2.34. The number of aryl methyl sites for hydroxylation is 1. The lowest BCUT2D eigenvalue weighted by Gasteiger charge is -2.21. The second kappa shape index (κ2) is 9.23. The van der Waals surface area contributed by atoms with E-state index in [9.17, 15) is 9.59 Å². The Bertz CT molecular complexity index is 482. The number of carbonyl (C=O) groups is 2. The van der Waals surface area contributed by atoms with Crippen molar-refractivity contribution in [3.8, 4) is 0 Å². The lowest BCUT2D eigenvalue weighted by atomic mass is 9.98. The van der Waals surface area contributed by atoms with Crippen molar-refractivity contribution in [3.63, 3.8) is 0 Å². The van der Waals surface area contributed by atoms with Crippen LogP contribution in [0.4, 0.5) is 0 Å². The maximum absolute atomic E-state index is 12.1. The van der Waals surface area contributed by atoms with Crippen LogP contribution in [0.2, 0.25) is 0 Å². The lowest BCUT2D eigenvalue weighted by molar-refractivity contribution is -0.128. The Morgan fingerprint density at radius 1 is 1.14 bits per heavy atom. The average molecular weight is 304 g/mol. The summed E-state index contributed by atoms with van der Waals surface area (Å²) in [4.78, 5) is 23.5. The zero-order valence-electron chi connectivity index (χ0n) is 13.9. The Morgan fingerprint density at radius 3 is 2.23 bits per heavy atom. The summed E-state index contributed by atoms with van der Waals surface area (Å²) in [6, 6.07) is 7.50. The van der Waals surface area contributed by atoms with Crippen LogP contribution in [0.5, 0.6) is 0 Å². The first kappa shape index (κ1) is 18.2. The molecule has 0 saturated heterocycles. The number of primary amides is 1. The van der Waals surface area contributed by atoms with Gasteiger partial charge >= 0.3 is 0 Å². The molecule has 0 aromatic heterocycles. The highest BCUT2D eigenvalue weighted by Crippen LogP contribution is 2.10. The smallest absolute Gasteiger partial charge is 0.240 e. The summed E-state index contributed by atoms with van der Waals surface area (Å²) >= 11 is 0. The Balaban J connectivity index is 2.58. The molecule has 0 radical (unpaired) electrons. The van der Waals surface area contributed by atoms with Crippen LogP contribution in [-0.2, 0) is 22.4 Å². The molecule has 1 aromatic carbocycles. The predicted molar refractivity (Wildman–Crippen MR) is 89.3 cm³/mol. The zero-order valence-corrected chi connectivity index (χ0v) is 13.9. The van der Waals surface area contributed by atoms with Gasteiger partial charge in [-0.25, -0.2) is 0 Å². The summed E-state index contributed by atoms with van der Waals surface area (Å²) in [5, 5.41) is 2.75. The second-order valence-electron chi connectivity index (χ2n) is 5.93. The van der Waals surface area contributed by atoms with E-state index < -0.39 is 11.9 Å². The Hall–Kier alpha value is -1.84.